The van der Waals surface area contributed by atoms with Gasteiger partial charge >= 0.3 is 0 Å². The molecule has 5 heteroatoms. The summed E-state index contributed by atoms with van der Waals surface area (Å²) < 4.78 is 10.4. The number of nitrogens with one attached hydrogen (secondary N) is 1. The van der Waals surface area contributed by atoms with Crippen molar-refractivity contribution in [3.05, 3.63) is 17.7 Å². The van der Waals surface area contributed by atoms with E-state index in [0.717, 1.165) is 11.3 Å². The van der Waals surface area contributed by atoms with Crippen LogP contribution in [0, 0.1) is 5.92 Å². The second-order valence-corrected chi connectivity index (χ2v) is 3.97. The molecule has 2 rings (SSSR count). The number of carboxylic acid groups (broad SMARTS) is 1. The van der Waals surface area contributed by atoms with Gasteiger partial charge in [-0.25, -0.2) is 0 Å². The summed E-state index contributed by atoms with van der Waals surface area (Å²) in [5, 5.41) is 13.9. The second kappa shape index (κ2) is 4.53. The van der Waals surface area contributed by atoms with E-state index in [1.165, 1.54) is 0 Å². The summed E-state index contributed by atoms with van der Waals surface area (Å²) in [5.74, 6) is -0.295. The molecule has 0 bridgehead atoms. The number of carbonyl (C=O) groups excluding carboxylic acids is 1. The number of methoxy groups -OCH3 is 2. The molecule has 92 valence electrons. The highest BCUT2D eigenvalue weighted by molar-refractivity contribution is 5.72. The summed E-state index contributed by atoms with van der Waals surface area (Å²) in [6.45, 7) is 0.380. The topological polar surface area (TPSA) is 70.6 Å². The average Bonchev–Trinajstić information content (AvgIpc) is 2.36. The smallest absolute Gasteiger partial charge is 0.162 e. The number of anilines is 1. The molecule has 5 nitrogen and oxygen atoms in total. The first-order chi connectivity index (χ1) is 8.15. The minimum atomic E-state index is -1.03. The van der Waals surface area contributed by atoms with Crippen molar-refractivity contribution in [3.8, 4) is 11.5 Å². The van der Waals surface area contributed by atoms with Crippen LogP contribution in [-0.4, -0.2) is 26.7 Å². The molecular formula is C12H14NO4-. The predicted octanol–water partition coefficient (Wildman–Crippen LogP) is 0.0379. The van der Waals surface area contributed by atoms with Gasteiger partial charge in [0.2, 0.25) is 0 Å². The molecule has 0 saturated carbocycles. The van der Waals surface area contributed by atoms with E-state index in [4.69, 9.17) is 9.47 Å². The van der Waals surface area contributed by atoms with Crippen molar-refractivity contribution in [3.63, 3.8) is 0 Å². The van der Waals surface area contributed by atoms with E-state index in [-0.39, 0.29) is 0 Å². The first kappa shape index (κ1) is 11.6. The van der Waals surface area contributed by atoms with Gasteiger partial charge in [-0.2, -0.15) is 0 Å². The van der Waals surface area contributed by atoms with E-state index in [1.54, 1.807) is 20.3 Å². The summed E-state index contributed by atoms with van der Waals surface area (Å²) in [5.41, 5.74) is 1.79. The van der Waals surface area contributed by atoms with Gasteiger partial charge in [-0.15, -0.1) is 0 Å². The molecule has 1 aliphatic rings. The largest absolute Gasteiger partial charge is 0.550 e. The van der Waals surface area contributed by atoms with Crippen LogP contribution in [0.1, 0.15) is 5.56 Å². The van der Waals surface area contributed by atoms with Crippen LogP contribution >= 0.6 is 0 Å². The molecule has 0 unspecified atom stereocenters. The molecule has 1 aliphatic heterocycles. The quantitative estimate of drug-likeness (QED) is 0.802. The maximum atomic E-state index is 10.8. The molecule has 17 heavy (non-hydrogen) atoms. The fraction of sp³-hybridized carbons (Fsp3) is 0.417. The van der Waals surface area contributed by atoms with Crippen molar-refractivity contribution < 1.29 is 19.4 Å². The average molecular weight is 236 g/mol. The summed E-state index contributed by atoms with van der Waals surface area (Å²) in [4.78, 5) is 10.8. The van der Waals surface area contributed by atoms with Crippen molar-refractivity contribution in [2.24, 2.45) is 5.92 Å². The monoisotopic (exact) mass is 236 g/mol. The number of fused-ring (bicyclic) bond motifs is 1. The zero-order valence-corrected chi connectivity index (χ0v) is 9.78. The van der Waals surface area contributed by atoms with Gasteiger partial charge in [-0.1, -0.05) is 0 Å². The Bertz CT molecular complexity index is 444. The Labute approximate surface area is 99.3 Å². The first-order valence-electron chi connectivity index (χ1n) is 5.35. The van der Waals surface area contributed by atoms with Crippen LogP contribution in [0.3, 0.4) is 0 Å². The summed E-state index contributed by atoms with van der Waals surface area (Å²) in [7, 11) is 3.12. The number of carbonyl (C=O) groups is 1. The van der Waals surface area contributed by atoms with Crippen molar-refractivity contribution in [1.82, 2.24) is 0 Å². The Morgan fingerprint density at radius 3 is 2.59 bits per heavy atom. The van der Waals surface area contributed by atoms with Crippen LogP contribution in [0.4, 0.5) is 5.69 Å². The molecule has 1 aromatic rings. The summed E-state index contributed by atoms with van der Waals surface area (Å²) in [6.07, 6.45) is 0.449. The Morgan fingerprint density at radius 1 is 1.35 bits per heavy atom. The molecule has 0 aliphatic carbocycles. The van der Waals surface area contributed by atoms with Gasteiger partial charge in [-0.3, -0.25) is 0 Å². The summed E-state index contributed by atoms with van der Waals surface area (Å²) >= 11 is 0. The molecule has 0 spiro atoms. The number of rotatable bonds is 3. The standard InChI is InChI=1S/C12H15NO4/c1-16-10-4-7-3-8(12(14)15)6-13-9(7)5-11(10)17-2/h4-5,8,13H,3,6H2,1-2H3,(H,14,15)/p-1/t8-/m0/s1. The van der Waals surface area contributed by atoms with E-state index in [9.17, 15) is 9.90 Å². The number of ether oxygens (including phenoxy) is 2. The van der Waals surface area contributed by atoms with Gasteiger partial charge in [0.15, 0.2) is 11.5 Å². The van der Waals surface area contributed by atoms with Crippen LogP contribution in [0.5, 0.6) is 11.5 Å². The van der Waals surface area contributed by atoms with E-state index >= 15 is 0 Å². The minimum absolute atomic E-state index is 0.380. The number of hydrogen-bond acceptors (Lipinski definition) is 5. The Morgan fingerprint density at radius 2 is 2.00 bits per heavy atom. The summed E-state index contributed by atoms with van der Waals surface area (Å²) in [6, 6.07) is 3.62. The third-order valence-corrected chi connectivity index (χ3v) is 2.95. The van der Waals surface area contributed by atoms with Crippen LogP contribution < -0.4 is 19.9 Å². The Kier molecular flexibility index (Phi) is 3.08. The molecule has 1 heterocycles. The third kappa shape index (κ3) is 2.13. The Balaban J connectivity index is 2.35. The molecule has 1 N–H and O–H groups in total. The highest BCUT2D eigenvalue weighted by atomic mass is 16.5. The molecular weight excluding hydrogens is 222 g/mol. The van der Waals surface area contributed by atoms with Crippen molar-refractivity contribution in [2.75, 3.05) is 26.1 Å². The van der Waals surface area contributed by atoms with Gasteiger partial charge in [0, 0.05) is 30.2 Å². The van der Waals surface area contributed by atoms with E-state index in [2.05, 4.69) is 5.32 Å². The highest BCUT2D eigenvalue weighted by Gasteiger charge is 2.21. The fourth-order valence-corrected chi connectivity index (χ4v) is 1.99. The molecule has 0 amide bonds. The zero-order chi connectivity index (χ0) is 12.4. The van der Waals surface area contributed by atoms with E-state index in [1.807, 2.05) is 6.07 Å². The van der Waals surface area contributed by atoms with Crippen LogP contribution in [0.15, 0.2) is 12.1 Å². The van der Waals surface area contributed by atoms with Crippen molar-refractivity contribution in [1.29, 1.82) is 0 Å². The van der Waals surface area contributed by atoms with Gasteiger partial charge in [0.1, 0.15) is 0 Å². The lowest BCUT2D eigenvalue weighted by atomic mass is 9.94. The van der Waals surface area contributed by atoms with Crippen molar-refractivity contribution >= 4 is 11.7 Å². The second-order valence-electron chi connectivity index (χ2n) is 3.97. The number of aliphatic carboxylic acids is 1. The fourth-order valence-electron chi connectivity index (χ4n) is 1.99. The van der Waals surface area contributed by atoms with Crippen LogP contribution in [0.25, 0.3) is 0 Å². The number of hydrogen-bond donors (Lipinski definition) is 1. The lowest BCUT2D eigenvalue weighted by Crippen LogP contribution is -2.39. The zero-order valence-electron chi connectivity index (χ0n) is 9.78. The first-order valence-corrected chi connectivity index (χ1v) is 5.35. The number of carboxylic acids is 1. The van der Waals surface area contributed by atoms with E-state index < -0.39 is 11.9 Å². The SMILES string of the molecule is COc1cc2c(cc1OC)NC[C@@H](C(=O)[O-])C2. The van der Waals surface area contributed by atoms with Gasteiger partial charge in [0.05, 0.1) is 14.2 Å². The maximum Gasteiger partial charge on any atom is 0.162 e. The molecule has 0 fully saturated rings. The highest BCUT2D eigenvalue weighted by Crippen LogP contribution is 2.36. The molecule has 0 saturated heterocycles. The molecule has 0 radical (unpaired) electrons. The van der Waals surface area contributed by atoms with Gasteiger partial charge in [0.25, 0.3) is 0 Å². The minimum Gasteiger partial charge on any atom is -0.550 e. The predicted molar refractivity (Wildman–Crippen MR) is 60.2 cm³/mol. The van der Waals surface area contributed by atoms with Crippen LogP contribution in [0.2, 0.25) is 0 Å². The number of benzene rings is 1. The third-order valence-electron chi connectivity index (χ3n) is 2.95. The van der Waals surface area contributed by atoms with Gasteiger partial charge in [-0.05, 0) is 18.1 Å². The molecule has 1 atom stereocenters. The maximum absolute atomic E-state index is 10.8. The van der Waals surface area contributed by atoms with Crippen LogP contribution in [-0.2, 0) is 11.2 Å². The normalized spacial score (nSPS) is 17.9. The lowest BCUT2D eigenvalue weighted by Gasteiger charge is -2.27. The van der Waals surface area contributed by atoms with Crippen molar-refractivity contribution in [2.45, 2.75) is 6.42 Å². The molecule has 1 aromatic carbocycles. The lowest BCUT2D eigenvalue weighted by molar-refractivity contribution is -0.311. The Hall–Kier alpha value is -1.91. The van der Waals surface area contributed by atoms with E-state index in [0.29, 0.717) is 24.5 Å². The molecule has 0 aromatic heterocycles. The van der Waals surface area contributed by atoms with Gasteiger partial charge < -0.3 is 24.7 Å².